The number of ether oxygens (including phenoxy) is 1. The van der Waals surface area contributed by atoms with E-state index in [0.717, 1.165) is 18.8 Å². The SMILES string of the molecule is Cc1ccccc1OC(C)C1CCCNCC1. The molecule has 2 rings (SSSR count). The molecule has 1 saturated heterocycles. The van der Waals surface area contributed by atoms with E-state index in [0.29, 0.717) is 12.0 Å². The van der Waals surface area contributed by atoms with Crippen LogP contribution in [0.4, 0.5) is 0 Å². The summed E-state index contributed by atoms with van der Waals surface area (Å²) >= 11 is 0. The van der Waals surface area contributed by atoms with Gasteiger partial charge in [0.15, 0.2) is 0 Å². The van der Waals surface area contributed by atoms with Gasteiger partial charge in [0.25, 0.3) is 0 Å². The van der Waals surface area contributed by atoms with Crippen LogP contribution in [-0.4, -0.2) is 19.2 Å². The van der Waals surface area contributed by atoms with Gasteiger partial charge in [0.05, 0.1) is 6.10 Å². The smallest absolute Gasteiger partial charge is 0.122 e. The molecule has 1 aromatic rings. The summed E-state index contributed by atoms with van der Waals surface area (Å²) in [6.45, 7) is 6.61. The summed E-state index contributed by atoms with van der Waals surface area (Å²) in [6, 6.07) is 8.28. The first kappa shape index (κ1) is 12.4. The van der Waals surface area contributed by atoms with Crippen molar-refractivity contribution in [3.05, 3.63) is 29.8 Å². The lowest BCUT2D eigenvalue weighted by atomic mass is 9.95. The summed E-state index contributed by atoms with van der Waals surface area (Å²) in [6.07, 6.45) is 4.09. The van der Waals surface area contributed by atoms with Gasteiger partial charge in [0, 0.05) is 0 Å². The van der Waals surface area contributed by atoms with Crippen LogP contribution in [0.15, 0.2) is 24.3 Å². The summed E-state index contributed by atoms with van der Waals surface area (Å²) in [4.78, 5) is 0. The fraction of sp³-hybridized carbons (Fsp3) is 0.600. The Balaban J connectivity index is 1.95. The van der Waals surface area contributed by atoms with E-state index in [2.05, 4.69) is 37.4 Å². The van der Waals surface area contributed by atoms with Crippen molar-refractivity contribution in [2.45, 2.75) is 39.2 Å². The van der Waals surface area contributed by atoms with E-state index in [1.54, 1.807) is 0 Å². The van der Waals surface area contributed by atoms with E-state index in [-0.39, 0.29) is 0 Å². The summed E-state index contributed by atoms with van der Waals surface area (Å²) in [5.74, 6) is 1.72. The lowest BCUT2D eigenvalue weighted by molar-refractivity contribution is 0.141. The van der Waals surface area contributed by atoms with Gasteiger partial charge in [-0.15, -0.1) is 0 Å². The van der Waals surface area contributed by atoms with Crippen molar-refractivity contribution < 1.29 is 4.74 Å². The normalized spacial score (nSPS) is 22.8. The van der Waals surface area contributed by atoms with Crippen LogP contribution >= 0.6 is 0 Å². The molecule has 2 nitrogen and oxygen atoms in total. The van der Waals surface area contributed by atoms with Crippen LogP contribution in [0, 0.1) is 12.8 Å². The highest BCUT2D eigenvalue weighted by molar-refractivity contribution is 5.31. The first-order chi connectivity index (χ1) is 8.27. The van der Waals surface area contributed by atoms with Crippen molar-refractivity contribution >= 4 is 0 Å². The highest BCUT2D eigenvalue weighted by Gasteiger charge is 2.20. The van der Waals surface area contributed by atoms with Crippen LogP contribution in [0.1, 0.15) is 31.7 Å². The van der Waals surface area contributed by atoms with Crippen LogP contribution < -0.4 is 10.1 Å². The van der Waals surface area contributed by atoms with E-state index in [1.165, 1.54) is 24.8 Å². The first-order valence-corrected chi connectivity index (χ1v) is 6.70. The van der Waals surface area contributed by atoms with Gasteiger partial charge in [-0.05, 0) is 63.7 Å². The van der Waals surface area contributed by atoms with E-state index < -0.39 is 0 Å². The minimum absolute atomic E-state index is 0.316. The van der Waals surface area contributed by atoms with Gasteiger partial charge in [-0.3, -0.25) is 0 Å². The predicted molar refractivity (Wildman–Crippen MR) is 71.5 cm³/mol. The number of hydrogen-bond acceptors (Lipinski definition) is 2. The average Bonchev–Trinajstić information content (AvgIpc) is 2.61. The molecule has 17 heavy (non-hydrogen) atoms. The molecule has 2 unspecified atom stereocenters. The third-order valence-electron chi connectivity index (χ3n) is 3.69. The predicted octanol–water partition coefficient (Wildman–Crippen LogP) is 3.15. The number of aryl methyl sites for hydroxylation is 1. The Morgan fingerprint density at radius 1 is 1.24 bits per heavy atom. The maximum Gasteiger partial charge on any atom is 0.122 e. The Labute approximate surface area is 104 Å². The summed E-state index contributed by atoms with van der Waals surface area (Å²) in [5.41, 5.74) is 1.23. The molecule has 1 N–H and O–H groups in total. The van der Waals surface area contributed by atoms with E-state index >= 15 is 0 Å². The molecular weight excluding hydrogens is 210 g/mol. The van der Waals surface area contributed by atoms with Gasteiger partial charge in [-0.25, -0.2) is 0 Å². The summed E-state index contributed by atoms with van der Waals surface area (Å²) in [5, 5.41) is 3.45. The number of benzene rings is 1. The molecule has 2 atom stereocenters. The van der Waals surface area contributed by atoms with E-state index in [9.17, 15) is 0 Å². The molecular formula is C15H23NO. The van der Waals surface area contributed by atoms with Crippen LogP contribution in [0.3, 0.4) is 0 Å². The average molecular weight is 233 g/mol. The van der Waals surface area contributed by atoms with Gasteiger partial charge in [0.1, 0.15) is 5.75 Å². The highest BCUT2D eigenvalue weighted by Crippen LogP contribution is 2.24. The third-order valence-corrected chi connectivity index (χ3v) is 3.69. The highest BCUT2D eigenvalue weighted by atomic mass is 16.5. The van der Waals surface area contributed by atoms with Crippen LogP contribution in [0.5, 0.6) is 5.75 Å². The van der Waals surface area contributed by atoms with Crippen molar-refractivity contribution in [1.29, 1.82) is 0 Å². The lowest BCUT2D eigenvalue weighted by Crippen LogP contribution is -2.25. The van der Waals surface area contributed by atoms with Gasteiger partial charge in [-0.1, -0.05) is 18.2 Å². The van der Waals surface area contributed by atoms with Crippen molar-refractivity contribution in [2.24, 2.45) is 5.92 Å². The Kier molecular flexibility index (Phi) is 4.43. The fourth-order valence-corrected chi connectivity index (χ4v) is 2.50. The minimum Gasteiger partial charge on any atom is -0.490 e. The molecule has 1 heterocycles. The summed E-state index contributed by atoms with van der Waals surface area (Å²) < 4.78 is 6.11. The van der Waals surface area contributed by atoms with Gasteiger partial charge < -0.3 is 10.1 Å². The zero-order chi connectivity index (χ0) is 12.1. The molecule has 1 aromatic carbocycles. The van der Waals surface area contributed by atoms with Gasteiger partial charge >= 0.3 is 0 Å². The molecule has 0 aliphatic carbocycles. The molecule has 2 heteroatoms. The number of para-hydroxylation sites is 1. The molecule has 0 aromatic heterocycles. The monoisotopic (exact) mass is 233 g/mol. The maximum absolute atomic E-state index is 6.11. The minimum atomic E-state index is 0.316. The second-order valence-electron chi connectivity index (χ2n) is 5.03. The van der Waals surface area contributed by atoms with E-state index in [1.807, 2.05) is 6.07 Å². The number of nitrogens with one attached hydrogen (secondary N) is 1. The van der Waals surface area contributed by atoms with Gasteiger partial charge in [0.2, 0.25) is 0 Å². The molecule has 0 amide bonds. The topological polar surface area (TPSA) is 21.3 Å². The molecule has 94 valence electrons. The zero-order valence-electron chi connectivity index (χ0n) is 10.9. The second kappa shape index (κ2) is 6.06. The zero-order valence-corrected chi connectivity index (χ0v) is 10.9. The number of rotatable bonds is 3. The van der Waals surface area contributed by atoms with E-state index in [4.69, 9.17) is 4.74 Å². The largest absolute Gasteiger partial charge is 0.490 e. The quantitative estimate of drug-likeness (QED) is 0.866. The molecule has 1 aliphatic heterocycles. The Bertz CT molecular complexity index is 343. The fourth-order valence-electron chi connectivity index (χ4n) is 2.50. The lowest BCUT2D eigenvalue weighted by Gasteiger charge is -2.24. The first-order valence-electron chi connectivity index (χ1n) is 6.70. The standard InChI is InChI=1S/C15H23NO/c1-12-6-3-4-8-15(12)17-13(2)14-7-5-10-16-11-9-14/h3-4,6,8,13-14,16H,5,7,9-11H2,1-2H3. The second-order valence-corrected chi connectivity index (χ2v) is 5.03. The molecule has 0 bridgehead atoms. The summed E-state index contributed by atoms with van der Waals surface area (Å²) in [7, 11) is 0. The van der Waals surface area contributed by atoms with Crippen LogP contribution in [-0.2, 0) is 0 Å². The Morgan fingerprint density at radius 2 is 2.06 bits per heavy atom. The Hall–Kier alpha value is -1.02. The molecule has 0 spiro atoms. The molecule has 0 saturated carbocycles. The third kappa shape index (κ3) is 3.47. The Morgan fingerprint density at radius 3 is 2.88 bits per heavy atom. The van der Waals surface area contributed by atoms with Crippen LogP contribution in [0.2, 0.25) is 0 Å². The molecule has 0 radical (unpaired) electrons. The number of hydrogen-bond donors (Lipinski definition) is 1. The molecule has 1 fully saturated rings. The van der Waals surface area contributed by atoms with Crippen LogP contribution in [0.25, 0.3) is 0 Å². The van der Waals surface area contributed by atoms with Crippen molar-refractivity contribution in [2.75, 3.05) is 13.1 Å². The van der Waals surface area contributed by atoms with Crippen molar-refractivity contribution in [3.8, 4) is 5.75 Å². The maximum atomic E-state index is 6.11. The van der Waals surface area contributed by atoms with Crippen molar-refractivity contribution in [1.82, 2.24) is 5.32 Å². The van der Waals surface area contributed by atoms with Gasteiger partial charge in [-0.2, -0.15) is 0 Å². The van der Waals surface area contributed by atoms with Crippen molar-refractivity contribution in [3.63, 3.8) is 0 Å². The molecule has 1 aliphatic rings.